The summed E-state index contributed by atoms with van der Waals surface area (Å²) in [5, 5.41) is 4.54. The smallest absolute Gasteiger partial charge is 0.397 e. The normalized spacial score (nSPS) is 12.8. The summed E-state index contributed by atoms with van der Waals surface area (Å²) in [6.07, 6.45) is 0.848. The Morgan fingerprint density at radius 2 is 1.92 bits per heavy atom. The summed E-state index contributed by atoms with van der Waals surface area (Å²) in [6, 6.07) is 0. The van der Waals surface area contributed by atoms with Gasteiger partial charge in [-0.1, -0.05) is 0 Å². The van der Waals surface area contributed by atoms with E-state index in [9.17, 15) is 16.8 Å². The van der Waals surface area contributed by atoms with E-state index in [0.717, 1.165) is 6.26 Å². The van der Waals surface area contributed by atoms with Gasteiger partial charge in [0, 0.05) is 0 Å². The van der Waals surface area contributed by atoms with E-state index < -0.39 is 26.0 Å². The minimum atomic E-state index is -3.75. The average molecular weight is 231 g/mol. The van der Waals surface area contributed by atoms with Crippen LogP contribution < -0.4 is 10.0 Å². The highest BCUT2D eigenvalue weighted by atomic mass is 32.2. The number of rotatable bonds is 6. The maximum absolute atomic E-state index is 10.3. The fraction of sp³-hybridized carbons (Fsp3) is 1.00. The largest absolute Gasteiger partial charge is 0.508 e. The Bertz CT molecular complexity index is 300. The van der Waals surface area contributed by atoms with Crippen molar-refractivity contribution in [2.24, 2.45) is 5.14 Å². The molecule has 0 unspecified atom stereocenters. The SMILES string of the molecule is CS(=O)(=O)NO[B]OCS(N)(=O)=O. The molecule has 0 saturated heterocycles. The molecule has 0 amide bonds. The molecule has 0 aromatic heterocycles. The molecular formula is C2H8BN2O6S2. The Kier molecular flexibility index (Phi) is 4.81. The molecule has 0 atom stereocenters. The Morgan fingerprint density at radius 3 is 2.31 bits per heavy atom. The summed E-state index contributed by atoms with van der Waals surface area (Å²) in [7, 11) is -6.75. The van der Waals surface area contributed by atoms with E-state index in [1.165, 1.54) is 0 Å². The van der Waals surface area contributed by atoms with Crippen molar-refractivity contribution in [3.63, 3.8) is 0 Å². The highest BCUT2D eigenvalue weighted by molar-refractivity contribution is 7.89. The molecule has 0 aliphatic heterocycles. The molecule has 0 aliphatic rings. The molecule has 77 valence electrons. The monoisotopic (exact) mass is 231 g/mol. The third kappa shape index (κ3) is 11.8. The number of sulfonamides is 2. The van der Waals surface area contributed by atoms with Crippen LogP contribution in [-0.2, 0) is 29.5 Å². The van der Waals surface area contributed by atoms with Gasteiger partial charge >= 0.3 is 7.69 Å². The predicted molar refractivity (Wildman–Crippen MR) is 43.9 cm³/mol. The topological polar surface area (TPSA) is 125 Å². The van der Waals surface area contributed by atoms with Gasteiger partial charge in [-0.25, -0.2) is 22.0 Å². The van der Waals surface area contributed by atoms with Crippen LogP contribution >= 0.6 is 0 Å². The first-order valence-electron chi connectivity index (χ1n) is 2.77. The number of hydrogen-bond acceptors (Lipinski definition) is 6. The van der Waals surface area contributed by atoms with Crippen molar-refractivity contribution in [2.45, 2.75) is 0 Å². The predicted octanol–water partition coefficient (Wildman–Crippen LogP) is -2.74. The lowest BCUT2D eigenvalue weighted by Crippen LogP contribution is -2.27. The van der Waals surface area contributed by atoms with Crippen molar-refractivity contribution in [3.05, 3.63) is 0 Å². The van der Waals surface area contributed by atoms with Crippen LogP contribution in [0.5, 0.6) is 0 Å². The second kappa shape index (κ2) is 4.88. The average Bonchev–Trinajstić information content (AvgIpc) is 1.81. The van der Waals surface area contributed by atoms with Crippen molar-refractivity contribution in [1.82, 2.24) is 4.89 Å². The molecular weight excluding hydrogens is 223 g/mol. The zero-order valence-corrected chi connectivity index (χ0v) is 8.26. The Balaban J connectivity index is 3.50. The van der Waals surface area contributed by atoms with Gasteiger partial charge in [0.05, 0.1) is 6.26 Å². The van der Waals surface area contributed by atoms with Gasteiger partial charge in [-0.3, -0.25) is 0 Å². The van der Waals surface area contributed by atoms with E-state index in [-0.39, 0.29) is 0 Å². The van der Waals surface area contributed by atoms with Crippen LogP contribution in [-0.4, -0.2) is 36.7 Å². The Morgan fingerprint density at radius 1 is 1.38 bits per heavy atom. The molecule has 8 nitrogen and oxygen atoms in total. The second-order valence-corrected chi connectivity index (χ2v) is 5.29. The Labute approximate surface area is 76.8 Å². The standard InChI is InChI=1S/C2H8BN2O6S2/c1-12(6,7)5-11-3-10-2-13(4,8)9/h5H,2H2,1H3,(H2,4,8,9). The number of nitrogens with two attached hydrogens (primary N) is 1. The van der Waals surface area contributed by atoms with Gasteiger partial charge in [-0.15, -0.1) is 4.89 Å². The lowest BCUT2D eigenvalue weighted by atomic mass is 10.4. The zero-order chi connectivity index (χ0) is 10.5. The van der Waals surface area contributed by atoms with Gasteiger partial charge in [0.2, 0.25) is 20.0 Å². The molecule has 0 aliphatic carbocycles. The van der Waals surface area contributed by atoms with Crippen LogP contribution in [0.4, 0.5) is 0 Å². The lowest BCUT2D eigenvalue weighted by Gasteiger charge is -2.01. The van der Waals surface area contributed by atoms with E-state index in [1.54, 1.807) is 4.89 Å². The van der Waals surface area contributed by atoms with E-state index in [4.69, 9.17) is 0 Å². The summed E-state index contributed by atoms with van der Waals surface area (Å²) in [6.45, 7) is 0. The highest BCUT2D eigenvalue weighted by Crippen LogP contribution is 1.80. The first-order chi connectivity index (χ1) is 5.71. The van der Waals surface area contributed by atoms with Crippen molar-refractivity contribution in [2.75, 3.05) is 12.2 Å². The lowest BCUT2D eigenvalue weighted by molar-refractivity contribution is 0.213. The van der Waals surface area contributed by atoms with Crippen molar-refractivity contribution < 1.29 is 26.2 Å². The van der Waals surface area contributed by atoms with Crippen molar-refractivity contribution in [1.29, 1.82) is 0 Å². The number of nitrogens with one attached hydrogen (secondary N) is 1. The minimum Gasteiger partial charge on any atom is -0.397 e. The van der Waals surface area contributed by atoms with Gasteiger partial charge in [0.15, 0.2) is 0 Å². The molecule has 0 heterocycles. The summed E-state index contributed by atoms with van der Waals surface area (Å²) in [5.74, 6) is -0.793. The van der Waals surface area contributed by atoms with E-state index in [1.807, 2.05) is 0 Å². The maximum Gasteiger partial charge on any atom is 0.508 e. The molecule has 0 rings (SSSR count). The molecule has 0 aromatic carbocycles. The van der Waals surface area contributed by atoms with E-state index >= 15 is 0 Å². The molecule has 0 aromatic rings. The third-order valence-electron chi connectivity index (χ3n) is 0.548. The van der Waals surface area contributed by atoms with Crippen LogP contribution in [0.15, 0.2) is 0 Å². The molecule has 3 N–H and O–H groups in total. The molecule has 13 heavy (non-hydrogen) atoms. The molecule has 0 fully saturated rings. The maximum atomic E-state index is 10.3. The van der Waals surface area contributed by atoms with Crippen LogP contribution in [0.2, 0.25) is 0 Å². The van der Waals surface area contributed by atoms with Crippen LogP contribution in [0.25, 0.3) is 0 Å². The quantitative estimate of drug-likeness (QED) is 0.290. The molecule has 0 spiro atoms. The Hall–Kier alpha value is -0.195. The van der Waals surface area contributed by atoms with Gasteiger partial charge in [-0.05, 0) is 0 Å². The zero-order valence-electron chi connectivity index (χ0n) is 6.63. The third-order valence-corrected chi connectivity index (χ3v) is 1.41. The van der Waals surface area contributed by atoms with E-state index in [0.29, 0.717) is 7.69 Å². The first kappa shape index (κ1) is 12.8. The van der Waals surface area contributed by atoms with Crippen LogP contribution in [0.1, 0.15) is 0 Å². The van der Waals surface area contributed by atoms with Crippen molar-refractivity contribution in [3.8, 4) is 0 Å². The van der Waals surface area contributed by atoms with Gasteiger partial charge < -0.3 is 9.41 Å². The summed E-state index contributed by atoms with van der Waals surface area (Å²) in [5.41, 5.74) is 0. The first-order valence-corrected chi connectivity index (χ1v) is 6.37. The molecule has 11 heteroatoms. The van der Waals surface area contributed by atoms with Crippen LogP contribution in [0.3, 0.4) is 0 Å². The van der Waals surface area contributed by atoms with Gasteiger partial charge in [0.1, 0.15) is 5.94 Å². The van der Waals surface area contributed by atoms with Gasteiger partial charge in [0.25, 0.3) is 0 Å². The summed E-state index contributed by atoms with van der Waals surface area (Å²) >= 11 is 0. The van der Waals surface area contributed by atoms with Crippen molar-refractivity contribution >= 4 is 27.7 Å². The summed E-state index contributed by atoms with van der Waals surface area (Å²) in [4.78, 5) is 1.56. The number of hydrogen-bond donors (Lipinski definition) is 2. The fourth-order valence-corrected chi connectivity index (χ4v) is 0.723. The second-order valence-electron chi connectivity index (χ2n) is 2.02. The molecule has 0 bridgehead atoms. The fourth-order valence-electron chi connectivity index (χ4n) is 0.264. The van der Waals surface area contributed by atoms with E-state index in [2.05, 4.69) is 14.5 Å². The van der Waals surface area contributed by atoms with Gasteiger partial charge in [-0.2, -0.15) is 0 Å². The number of primary sulfonamides is 1. The van der Waals surface area contributed by atoms with Crippen LogP contribution in [0, 0.1) is 0 Å². The highest BCUT2D eigenvalue weighted by Gasteiger charge is 2.05. The molecule has 1 radical (unpaired) electrons. The minimum absolute atomic E-state index is 0.505. The molecule has 0 saturated carbocycles. The summed E-state index contributed by atoms with van der Waals surface area (Å²) < 4.78 is 49.4.